The second-order valence-corrected chi connectivity index (χ2v) is 6.52. The van der Waals surface area contributed by atoms with Crippen LogP contribution in [0, 0.1) is 0 Å². The normalized spacial score (nSPS) is 17.8. The zero-order valence-electron chi connectivity index (χ0n) is 15.0. The van der Waals surface area contributed by atoms with Crippen molar-refractivity contribution < 1.29 is 23.1 Å². The molecule has 0 aromatic heterocycles. The largest absolute Gasteiger partial charge is 0.480 e. The van der Waals surface area contributed by atoms with Crippen molar-refractivity contribution in [3.05, 3.63) is 35.4 Å². The van der Waals surface area contributed by atoms with Gasteiger partial charge in [0.05, 0.1) is 12.1 Å². The average molecular weight is 395 g/mol. The number of hydrogen-bond donors (Lipinski definition) is 1. The van der Waals surface area contributed by atoms with Gasteiger partial charge in [0, 0.05) is 25.2 Å². The van der Waals surface area contributed by atoms with E-state index in [0.717, 1.165) is 43.6 Å². The molecule has 1 aliphatic rings. The van der Waals surface area contributed by atoms with Gasteiger partial charge in [0.2, 0.25) is 0 Å². The van der Waals surface area contributed by atoms with Gasteiger partial charge in [-0.15, -0.1) is 12.4 Å². The van der Waals surface area contributed by atoms with Crippen LogP contribution in [0.1, 0.15) is 43.9 Å². The Morgan fingerprint density at radius 3 is 2.23 bits per heavy atom. The summed E-state index contributed by atoms with van der Waals surface area (Å²) in [6.45, 7) is 6.32. The number of likely N-dealkylation sites (tertiary alicyclic amines) is 1. The number of carboxylic acids is 1. The topological polar surface area (TPSA) is 43.8 Å². The molecule has 1 aromatic rings. The molecule has 1 heterocycles. The first-order valence-electron chi connectivity index (χ1n) is 8.59. The number of rotatable bonds is 6. The van der Waals surface area contributed by atoms with E-state index in [4.69, 9.17) is 5.11 Å². The lowest BCUT2D eigenvalue weighted by Gasteiger charge is -2.40. The van der Waals surface area contributed by atoms with Crippen LogP contribution in [0.25, 0.3) is 0 Å². The Balaban J connectivity index is 0.00000338. The van der Waals surface area contributed by atoms with Crippen LogP contribution < -0.4 is 0 Å². The van der Waals surface area contributed by atoms with Gasteiger partial charge in [-0.05, 0) is 44.0 Å². The summed E-state index contributed by atoms with van der Waals surface area (Å²) < 4.78 is 38.0. The molecule has 1 saturated heterocycles. The van der Waals surface area contributed by atoms with E-state index in [1.807, 2.05) is 18.7 Å². The number of halogens is 4. The van der Waals surface area contributed by atoms with E-state index >= 15 is 0 Å². The Bertz CT molecular complexity index is 573. The zero-order valence-corrected chi connectivity index (χ0v) is 15.8. The van der Waals surface area contributed by atoms with E-state index in [-0.39, 0.29) is 31.0 Å². The van der Waals surface area contributed by atoms with Gasteiger partial charge < -0.3 is 5.11 Å². The fourth-order valence-electron chi connectivity index (χ4n) is 3.47. The second-order valence-electron chi connectivity index (χ2n) is 6.52. The van der Waals surface area contributed by atoms with E-state index in [0.29, 0.717) is 6.54 Å². The maximum atomic E-state index is 12.7. The molecule has 1 N–H and O–H groups in total. The maximum absolute atomic E-state index is 12.7. The van der Waals surface area contributed by atoms with E-state index in [9.17, 15) is 18.0 Å². The third-order valence-electron chi connectivity index (χ3n) is 5.03. The molecule has 0 radical (unpaired) electrons. The Morgan fingerprint density at radius 2 is 1.81 bits per heavy atom. The predicted molar refractivity (Wildman–Crippen MR) is 96.6 cm³/mol. The zero-order chi connectivity index (χ0) is 18.6. The average Bonchev–Trinajstić information content (AvgIpc) is 2.58. The molecule has 0 spiro atoms. The number of likely N-dealkylation sites (N-methyl/N-ethyl adjacent to an activating group) is 1. The molecule has 8 heteroatoms. The fraction of sp³-hybridized carbons (Fsp3) is 0.611. The number of piperidine rings is 1. The predicted octanol–water partition coefficient (Wildman–Crippen LogP) is 4.06. The van der Waals surface area contributed by atoms with Crippen molar-refractivity contribution >= 4 is 18.4 Å². The van der Waals surface area contributed by atoms with Crippen LogP contribution in [-0.2, 0) is 11.0 Å². The quantitative estimate of drug-likeness (QED) is 0.790. The van der Waals surface area contributed by atoms with Gasteiger partial charge >= 0.3 is 12.1 Å². The third-order valence-corrected chi connectivity index (χ3v) is 5.03. The molecule has 0 saturated carbocycles. The molecule has 0 aliphatic carbocycles. The minimum absolute atomic E-state index is 0. The van der Waals surface area contributed by atoms with Crippen LogP contribution in [0.15, 0.2) is 24.3 Å². The summed E-state index contributed by atoms with van der Waals surface area (Å²) in [7, 11) is 0. The minimum atomic E-state index is -4.31. The Morgan fingerprint density at radius 1 is 1.27 bits per heavy atom. The summed E-state index contributed by atoms with van der Waals surface area (Å²) in [5.74, 6) is -0.817. The van der Waals surface area contributed by atoms with Gasteiger partial charge in [-0.3, -0.25) is 14.6 Å². The summed E-state index contributed by atoms with van der Waals surface area (Å²) in [6.07, 6.45) is -2.58. The molecular weight excluding hydrogens is 369 g/mol. The van der Waals surface area contributed by atoms with Gasteiger partial charge in [-0.1, -0.05) is 19.1 Å². The molecular formula is C18H26ClF3N2O2. The highest BCUT2D eigenvalue weighted by atomic mass is 35.5. The first-order chi connectivity index (χ1) is 11.7. The highest BCUT2D eigenvalue weighted by molar-refractivity contribution is 5.85. The number of benzene rings is 1. The first kappa shape index (κ1) is 22.7. The lowest BCUT2D eigenvalue weighted by molar-refractivity contribution is -0.139. The van der Waals surface area contributed by atoms with Crippen molar-refractivity contribution in [2.24, 2.45) is 0 Å². The summed E-state index contributed by atoms with van der Waals surface area (Å²) >= 11 is 0. The molecule has 148 valence electrons. The molecule has 1 aromatic carbocycles. The monoisotopic (exact) mass is 394 g/mol. The van der Waals surface area contributed by atoms with Gasteiger partial charge in [0.1, 0.15) is 0 Å². The van der Waals surface area contributed by atoms with Gasteiger partial charge in [-0.2, -0.15) is 13.2 Å². The molecule has 2 rings (SSSR count). The van der Waals surface area contributed by atoms with Crippen LogP contribution in [0.2, 0.25) is 0 Å². The summed E-state index contributed by atoms with van der Waals surface area (Å²) in [6, 6.07) is 5.63. The van der Waals surface area contributed by atoms with Crippen LogP contribution >= 0.6 is 12.4 Å². The standard InChI is InChI=1S/C18H25F3N2O2.ClH/c1-3-22(12-17(24)25)16-8-10-23(11-9-16)13(2)14-4-6-15(7-5-14)18(19,20)21;/h4-7,13,16H,3,8-12H2,1-2H3,(H,24,25);1H. The Labute approximate surface area is 158 Å². The van der Waals surface area contributed by atoms with Crippen molar-refractivity contribution in [2.75, 3.05) is 26.2 Å². The summed E-state index contributed by atoms with van der Waals surface area (Å²) in [4.78, 5) is 15.2. The fourth-order valence-corrected chi connectivity index (χ4v) is 3.47. The number of aliphatic carboxylic acids is 1. The second kappa shape index (κ2) is 9.58. The molecule has 0 bridgehead atoms. The number of hydrogen-bond acceptors (Lipinski definition) is 3. The molecule has 1 atom stereocenters. The smallest absolute Gasteiger partial charge is 0.416 e. The van der Waals surface area contributed by atoms with Crippen LogP contribution in [-0.4, -0.2) is 53.1 Å². The van der Waals surface area contributed by atoms with Gasteiger partial charge in [0.15, 0.2) is 0 Å². The minimum Gasteiger partial charge on any atom is -0.480 e. The van der Waals surface area contributed by atoms with Crippen LogP contribution in [0.4, 0.5) is 13.2 Å². The van der Waals surface area contributed by atoms with Crippen molar-refractivity contribution in [2.45, 2.75) is 44.9 Å². The molecule has 26 heavy (non-hydrogen) atoms. The number of nitrogens with zero attached hydrogens (tertiary/aromatic N) is 2. The Hall–Kier alpha value is -1.31. The van der Waals surface area contributed by atoms with E-state index in [1.165, 1.54) is 0 Å². The van der Waals surface area contributed by atoms with E-state index < -0.39 is 17.7 Å². The third kappa shape index (κ3) is 5.86. The molecule has 4 nitrogen and oxygen atoms in total. The van der Waals surface area contributed by atoms with Gasteiger partial charge in [0.25, 0.3) is 0 Å². The van der Waals surface area contributed by atoms with Crippen molar-refractivity contribution in [3.8, 4) is 0 Å². The SMILES string of the molecule is CCN(CC(=O)O)C1CCN(C(C)c2ccc(C(F)(F)F)cc2)CC1.Cl. The number of carbonyl (C=O) groups is 1. The van der Waals surface area contributed by atoms with E-state index in [1.54, 1.807) is 12.1 Å². The summed E-state index contributed by atoms with van der Waals surface area (Å²) in [5.41, 5.74) is 0.235. The van der Waals surface area contributed by atoms with Crippen molar-refractivity contribution in [1.29, 1.82) is 0 Å². The first-order valence-corrected chi connectivity index (χ1v) is 8.59. The number of alkyl halides is 3. The molecule has 1 fully saturated rings. The summed E-state index contributed by atoms with van der Waals surface area (Å²) in [5, 5.41) is 8.98. The van der Waals surface area contributed by atoms with Crippen LogP contribution in [0.5, 0.6) is 0 Å². The lowest BCUT2D eigenvalue weighted by atomic mass is 9.98. The van der Waals surface area contributed by atoms with Crippen molar-refractivity contribution in [1.82, 2.24) is 9.80 Å². The maximum Gasteiger partial charge on any atom is 0.416 e. The van der Waals surface area contributed by atoms with E-state index in [2.05, 4.69) is 4.90 Å². The molecule has 1 aliphatic heterocycles. The van der Waals surface area contributed by atoms with Crippen molar-refractivity contribution in [3.63, 3.8) is 0 Å². The van der Waals surface area contributed by atoms with Crippen LogP contribution in [0.3, 0.4) is 0 Å². The Kier molecular flexibility index (Phi) is 8.37. The highest BCUT2D eigenvalue weighted by Crippen LogP contribution is 2.31. The van der Waals surface area contributed by atoms with Gasteiger partial charge in [-0.25, -0.2) is 0 Å². The lowest BCUT2D eigenvalue weighted by Crippen LogP contribution is -2.47. The molecule has 0 amide bonds. The highest BCUT2D eigenvalue weighted by Gasteiger charge is 2.31. The number of carboxylic acid groups (broad SMARTS) is 1. The molecule has 1 unspecified atom stereocenters.